The number of hydrogen-bond acceptors (Lipinski definition) is 5. The summed E-state index contributed by atoms with van der Waals surface area (Å²) < 4.78 is 24.4. The molecule has 6 nitrogen and oxygen atoms in total. The summed E-state index contributed by atoms with van der Waals surface area (Å²) in [4.78, 5) is 24.5. The monoisotopic (exact) mass is 445 g/mol. The van der Waals surface area contributed by atoms with Gasteiger partial charge in [0.05, 0.1) is 19.1 Å². The van der Waals surface area contributed by atoms with Crippen molar-refractivity contribution in [2.45, 2.75) is 52.2 Å². The first kappa shape index (κ1) is 25.3. The van der Waals surface area contributed by atoms with Gasteiger partial charge < -0.3 is 19.9 Å². The number of amides is 1. The van der Waals surface area contributed by atoms with Crippen molar-refractivity contribution < 1.29 is 28.6 Å². The maximum absolute atomic E-state index is 14.1. The molecule has 2 aromatic rings. The van der Waals surface area contributed by atoms with E-state index in [-0.39, 0.29) is 18.8 Å². The molecule has 0 bridgehead atoms. The molecule has 1 amide bonds. The van der Waals surface area contributed by atoms with Crippen molar-refractivity contribution in [1.82, 2.24) is 5.32 Å². The smallest absolute Gasteiger partial charge is 0.407 e. The Morgan fingerprint density at radius 1 is 1.09 bits per heavy atom. The van der Waals surface area contributed by atoms with Gasteiger partial charge in [-0.2, -0.15) is 0 Å². The minimum atomic E-state index is -0.771. The van der Waals surface area contributed by atoms with Gasteiger partial charge in [0.2, 0.25) is 0 Å². The zero-order chi connectivity index (χ0) is 23.7. The van der Waals surface area contributed by atoms with E-state index in [0.717, 1.165) is 11.1 Å². The summed E-state index contributed by atoms with van der Waals surface area (Å²) in [5.41, 5.74) is 1.45. The van der Waals surface area contributed by atoms with E-state index in [1.54, 1.807) is 45.9 Å². The fraction of sp³-hybridized carbons (Fsp3) is 0.440. The highest BCUT2D eigenvalue weighted by Gasteiger charge is 2.26. The average Bonchev–Trinajstić information content (AvgIpc) is 2.71. The number of alkyl carbamates (subject to hydrolysis) is 1. The Bertz CT molecular complexity index is 892. The lowest BCUT2D eigenvalue weighted by atomic mass is 9.94. The van der Waals surface area contributed by atoms with Crippen molar-refractivity contribution in [2.75, 3.05) is 13.2 Å². The van der Waals surface area contributed by atoms with E-state index in [1.807, 2.05) is 24.3 Å². The molecule has 2 rings (SSSR count). The Labute approximate surface area is 188 Å². The van der Waals surface area contributed by atoms with Crippen molar-refractivity contribution >= 4 is 12.1 Å². The number of hydrogen-bond donors (Lipinski definition) is 2. The van der Waals surface area contributed by atoms with Crippen LogP contribution in [0.15, 0.2) is 48.5 Å². The normalized spacial score (nSPS) is 13.2. The van der Waals surface area contributed by atoms with E-state index in [1.165, 1.54) is 6.07 Å². The van der Waals surface area contributed by atoms with Crippen molar-refractivity contribution in [3.05, 3.63) is 59.9 Å². The van der Waals surface area contributed by atoms with Crippen LogP contribution in [0.3, 0.4) is 0 Å². The Morgan fingerprint density at radius 3 is 2.31 bits per heavy atom. The highest BCUT2D eigenvalue weighted by molar-refractivity contribution is 5.73. The first-order valence-electron chi connectivity index (χ1n) is 10.7. The molecule has 0 aliphatic rings. The molecular formula is C25H32FNO5. The second-order valence-corrected chi connectivity index (χ2v) is 8.59. The van der Waals surface area contributed by atoms with Crippen LogP contribution >= 0.6 is 0 Å². The molecule has 2 aromatic carbocycles. The van der Waals surface area contributed by atoms with Gasteiger partial charge in [-0.1, -0.05) is 42.5 Å². The molecule has 2 N–H and O–H groups in total. The van der Waals surface area contributed by atoms with E-state index in [2.05, 4.69) is 5.32 Å². The summed E-state index contributed by atoms with van der Waals surface area (Å²) in [5, 5.41) is 12.5. The molecular weight excluding hydrogens is 413 g/mol. The first-order valence-corrected chi connectivity index (χ1v) is 10.7. The number of carbonyl (C=O) groups excluding carboxylic acids is 2. The highest BCUT2D eigenvalue weighted by Crippen LogP contribution is 2.24. The van der Waals surface area contributed by atoms with Gasteiger partial charge in [-0.05, 0) is 57.7 Å². The van der Waals surface area contributed by atoms with Gasteiger partial charge in [0.15, 0.2) is 0 Å². The zero-order valence-electron chi connectivity index (χ0n) is 19.1. The number of carbonyl (C=O) groups is 2. The number of ether oxygens (including phenoxy) is 2. The molecule has 7 heteroatoms. The van der Waals surface area contributed by atoms with Gasteiger partial charge in [-0.3, -0.25) is 4.79 Å². The topological polar surface area (TPSA) is 84.9 Å². The highest BCUT2D eigenvalue weighted by atomic mass is 19.1. The molecule has 0 aliphatic carbocycles. The molecule has 0 aromatic heterocycles. The number of esters is 1. The van der Waals surface area contributed by atoms with Crippen LogP contribution in [-0.4, -0.2) is 42.0 Å². The quantitative estimate of drug-likeness (QED) is 0.556. The molecule has 0 aliphatic heterocycles. The van der Waals surface area contributed by atoms with Crippen molar-refractivity contribution in [1.29, 1.82) is 0 Å². The summed E-state index contributed by atoms with van der Waals surface area (Å²) in [6.07, 6.45) is -0.0258. The molecule has 0 saturated carbocycles. The molecule has 174 valence electrons. The lowest BCUT2D eigenvalue weighted by Gasteiger charge is -2.25. The van der Waals surface area contributed by atoms with E-state index < -0.39 is 36.2 Å². The van der Waals surface area contributed by atoms with E-state index >= 15 is 0 Å². The zero-order valence-corrected chi connectivity index (χ0v) is 19.1. The third-order valence-corrected chi connectivity index (χ3v) is 4.75. The van der Waals surface area contributed by atoms with E-state index in [0.29, 0.717) is 12.0 Å². The number of halogens is 1. The molecule has 0 spiro atoms. The Hall–Kier alpha value is -2.93. The van der Waals surface area contributed by atoms with Crippen LogP contribution in [0.25, 0.3) is 11.1 Å². The molecule has 0 unspecified atom stereocenters. The fourth-order valence-corrected chi connectivity index (χ4v) is 3.32. The first-order chi connectivity index (χ1) is 15.1. The SMILES string of the molecule is CCOC(=O)[C@H](CO)C[C@@H](Cc1ccc(-c2ccccc2F)cc1)NC(=O)OC(C)(C)C. The van der Waals surface area contributed by atoms with E-state index in [4.69, 9.17) is 9.47 Å². The number of benzene rings is 2. The van der Waals surface area contributed by atoms with E-state index in [9.17, 15) is 19.1 Å². The van der Waals surface area contributed by atoms with Crippen LogP contribution in [0.1, 0.15) is 39.7 Å². The third-order valence-electron chi connectivity index (χ3n) is 4.75. The minimum Gasteiger partial charge on any atom is -0.466 e. The predicted molar refractivity (Wildman–Crippen MR) is 121 cm³/mol. The summed E-state index contributed by atoms with van der Waals surface area (Å²) in [7, 11) is 0. The summed E-state index contributed by atoms with van der Waals surface area (Å²) >= 11 is 0. The number of aliphatic hydroxyl groups is 1. The Kier molecular flexibility index (Phi) is 9.20. The van der Waals surface area contributed by atoms with Crippen molar-refractivity contribution in [3.63, 3.8) is 0 Å². The average molecular weight is 446 g/mol. The van der Waals surface area contributed by atoms with Gasteiger partial charge in [-0.25, -0.2) is 9.18 Å². The second kappa shape index (κ2) is 11.6. The van der Waals surface area contributed by atoms with Crippen LogP contribution in [0, 0.1) is 11.7 Å². The Morgan fingerprint density at radius 2 is 1.75 bits per heavy atom. The van der Waals surface area contributed by atoms with Crippen LogP contribution in [0.4, 0.5) is 9.18 Å². The summed E-state index contributed by atoms with van der Waals surface area (Å²) in [6.45, 7) is 6.79. The largest absolute Gasteiger partial charge is 0.466 e. The van der Waals surface area contributed by atoms with Gasteiger partial charge in [0, 0.05) is 11.6 Å². The number of nitrogens with one attached hydrogen (secondary N) is 1. The molecule has 0 radical (unpaired) electrons. The number of rotatable bonds is 9. The maximum atomic E-state index is 14.1. The lowest BCUT2D eigenvalue weighted by Crippen LogP contribution is -2.42. The molecule has 0 fully saturated rings. The summed E-state index contributed by atoms with van der Waals surface area (Å²) in [5.74, 6) is -1.58. The molecule has 2 atom stereocenters. The maximum Gasteiger partial charge on any atom is 0.407 e. The van der Waals surface area contributed by atoms with Crippen LogP contribution < -0.4 is 5.32 Å². The molecule has 32 heavy (non-hydrogen) atoms. The van der Waals surface area contributed by atoms with Crippen LogP contribution in [0.2, 0.25) is 0 Å². The lowest BCUT2D eigenvalue weighted by molar-refractivity contribution is -0.149. The fourth-order valence-electron chi connectivity index (χ4n) is 3.32. The standard InChI is InChI=1S/C25H32FNO5/c1-5-31-23(29)19(16-28)15-20(27-24(30)32-25(2,3)4)14-17-10-12-18(13-11-17)21-8-6-7-9-22(21)26/h6-13,19-20,28H,5,14-16H2,1-4H3,(H,27,30)/t19-,20+/m0/s1. The van der Waals surface area contributed by atoms with Gasteiger partial charge in [0.25, 0.3) is 0 Å². The third kappa shape index (κ3) is 7.96. The van der Waals surface area contributed by atoms with Crippen molar-refractivity contribution in [3.8, 4) is 11.1 Å². The van der Waals surface area contributed by atoms with Gasteiger partial charge in [0.1, 0.15) is 11.4 Å². The van der Waals surface area contributed by atoms with Gasteiger partial charge >= 0.3 is 12.1 Å². The number of aliphatic hydroxyl groups excluding tert-OH is 1. The second-order valence-electron chi connectivity index (χ2n) is 8.59. The molecule has 0 saturated heterocycles. The van der Waals surface area contributed by atoms with Gasteiger partial charge in [-0.15, -0.1) is 0 Å². The summed E-state index contributed by atoms with van der Waals surface area (Å²) in [6, 6.07) is 13.4. The molecule has 0 heterocycles. The van der Waals surface area contributed by atoms with Crippen molar-refractivity contribution in [2.24, 2.45) is 5.92 Å². The van der Waals surface area contributed by atoms with Crippen LogP contribution in [-0.2, 0) is 20.7 Å². The predicted octanol–water partition coefficient (Wildman–Crippen LogP) is 4.49. The minimum absolute atomic E-state index is 0.184. The Balaban J connectivity index is 2.18. The van der Waals surface area contributed by atoms with Crippen LogP contribution in [0.5, 0.6) is 0 Å².